The topological polar surface area (TPSA) is 30.5 Å². The summed E-state index contributed by atoms with van der Waals surface area (Å²) in [5.74, 6) is 0.987. The Morgan fingerprint density at radius 3 is 2.79 bits per heavy atom. The molecule has 0 saturated heterocycles. The zero-order valence-corrected chi connectivity index (χ0v) is 12.4. The monoisotopic (exact) mass is 263 g/mol. The smallest absolute Gasteiger partial charge is 0.128 e. The summed E-state index contributed by atoms with van der Waals surface area (Å²) in [5, 5.41) is 3.51. The lowest BCUT2D eigenvalue weighted by atomic mass is 9.85. The number of aryl methyl sites for hydroxylation is 1. The van der Waals surface area contributed by atoms with Gasteiger partial charge in [0.05, 0.1) is 0 Å². The van der Waals surface area contributed by atoms with Crippen LogP contribution in [0.4, 0.5) is 0 Å². The van der Waals surface area contributed by atoms with E-state index in [1.54, 1.807) is 7.11 Å². The second-order valence-electron chi connectivity index (χ2n) is 5.35. The third-order valence-corrected chi connectivity index (χ3v) is 4.01. The van der Waals surface area contributed by atoms with E-state index in [4.69, 9.17) is 9.47 Å². The molecule has 1 saturated carbocycles. The molecule has 19 heavy (non-hydrogen) atoms. The van der Waals surface area contributed by atoms with Crippen molar-refractivity contribution in [3.8, 4) is 5.75 Å². The molecule has 0 aliphatic heterocycles. The van der Waals surface area contributed by atoms with E-state index >= 15 is 0 Å². The highest BCUT2D eigenvalue weighted by atomic mass is 16.5. The Bertz CT molecular complexity index is 419. The van der Waals surface area contributed by atoms with E-state index in [0.717, 1.165) is 25.1 Å². The van der Waals surface area contributed by atoms with Gasteiger partial charge in [-0.05, 0) is 44.0 Å². The Morgan fingerprint density at radius 1 is 1.32 bits per heavy atom. The molecular weight excluding hydrogens is 238 g/mol. The summed E-state index contributed by atoms with van der Waals surface area (Å²) >= 11 is 0. The third kappa shape index (κ3) is 3.10. The quantitative estimate of drug-likeness (QED) is 0.856. The maximum atomic E-state index is 6.11. The van der Waals surface area contributed by atoms with Gasteiger partial charge in [-0.15, -0.1) is 0 Å². The van der Waals surface area contributed by atoms with E-state index in [0.29, 0.717) is 6.04 Å². The Labute approximate surface area is 116 Å². The first-order chi connectivity index (χ1) is 9.17. The average molecular weight is 263 g/mol. The maximum absolute atomic E-state index is 6.11. The van der Waals surface area contributed by atoms with Crippen LogP contribution in [0.1, 0.15) is 30.9 Å². The minimum absolute atomic E-state index is 0.159. The number of rotatable bonds is 6. The number of methoxy groups -OCH3 is 1. The van der Waals surface area contributed by atoms with E-state index < -0.39 is 0 Å². The Kier molecular flexibility index (Phi) is 4.83. The largest absolute Gasteiger partial charge is 0.487 e. The van der Waals surface area contributed by atoms with Crippen LogP contribution in [0, 0.1) is 13.8 Å². The molecule has 2 rings (SSSR count). The van der Waals surface area contributed by atoms with Crippen molar-refractivity contribution in [2.75, 3.05) is 13.7 Å². The molecule has 3 atom stereocenters. The van der Waals surface area contributed by atoms with Gasteiger partial charge < -0.3 is 14.8 Å². The van der Waals surface area contributed by atoms with E-state index in [9.17, 15) is 0 Å². The van der Waals surface area contributed by atoms with Gasteiger partial charge in [0, 0.05) is 19.6 Å². The molecule has 1 fully saturated rings. The molecule has 1 aromatic carbocycles. The second-order valence-corrected chi connectivity index (χ2v) is 5.35. The standard InChI is InChI=1S/C16H25NO2/c1-5-9-17-13-10-15(16(13)18-4)19-14-8-6-7-11(2)12(14)3/h6-8,13,15-17H,5,9-10H2,1-4H3. The lowest BCUT2D eigenvalue weighted by Crippen LogP contribution is -2.61. The fourth-order valence-corrected chi connectivity index (χ4v) is 2.56. The maximum Gasteiger partial charge on any atom is 0.128 e. The highest BCUT2D eigenvalue weighted by Gasteiger charge is 2.43. The van der Waals surface area contributed by atoms with Crippen molar-refractivity contribution in [2.24, 2.45) is 0 Å². The summed E-state index contributed by atoms with van der Waals surface area (Å²) in [4.78, 5) is 0. The van der Waals surface area contributed by atoms with Gasteiger partial charge in [-0.3, -0.25) is 0 Å². The number of hydrogen-bond acceptors (Lipinski definition) is 3. The third-order valence-electron chi connectivity index (χ3n) is 4.01. The summed E-state index contributed by atoms with van der Waals surface area (Å²) in [6, 6.07) is 6.63. The molecule has 0 heterocycles. The first-order valence-corrected chi connectivity index (χ1v) is 7.16. The van der Waals surface area contributed by atoms with Crippen LogP contribution >= 0.6 is 0 Å². The number of hydrogen-bond donors (Lipinski definition) is 1. The average Bonchev–Trinajstić information content (AvgIpc) is 2.38. The van der Waals surface area contributed by atoms with Crippen LogP contribution in [-0.4, -0.2) is 31.9 Å². The van der Waals surface area contributed by atoms with Gasteiger partial charge >= 0.3 is 0 Å². The summed E-state index contributed by atoms with van der Waals surface area (Å²) < 4.78 is 11.7. The van der Waals surface area contributed by atoms with Crippen molar-refractivity contribution in [3.05, 3.63) is 29.3 Å². The van der Waals surface area contributed by atoms with Gasteiger partial charge in [-0.1, -0.05) is 19.1 Å². The fraction of sp³-hybridized carbons (Fsp3) is 0.625. The van der Waals surface area contributed by atoms with Crippen LogP contribution in [0.2, 0.25) is 0 Å². The lowest BCUT2D eigenvalue weighted by molar-refractivity contribution is -0.0889. The molecule has 0 radical (unpaired) electrons. The zero-order valence-electron chi connectivity index (χ0n) is 12.4. The van der Waals surface area contributed by atoms with Gasteiger partial charge in [0.15, 0.2) is 0 Å². The van der Waals surface area contributed by atoms with Crippen molar-refractivity contribution in [3.63, 3.8) is 0 Å². The van der Waals surface area contributed by atoms with Crippen LogP contribution in [-0.2, 0) is 4.74 Å². The Morgan fingerprint density at radius 2 is 2.11 bits per heavy atom. The van der Waals surface area contributed by atoms with Gasteiger partial charge in [0.25, 0.3) is 0 Å². The molecule has 0 amide bonds. The Balaban J connectivity index is 1.95. The molecular formula is C16H25NO2. The fourth-order valence-electron chi connectivity index (χ4n) is 2.56. The summed E-state index contributed by atoms with van der Waals surface area (Å²) in [7, 11) is 1.77. The molecule has 3 unspecified atom stereocenters. The molecule has 0 spiro atoms. The van der Waals surface area contributed by atoms with Gasteiger partial charge in [0.2, 0.25) is 0 Å². The van der Waals surface area contributed by atoms with E-state index in [1.165, 1.54) is 11.1 Å². The molecule has 3 heteroatoms. The minimum atomic E-state index is 0.159. The predicted octanol–water partition coefficient (Wildman–Crippen LogP) is 2.84. The molecule has 3 nitrogen and oxygen atoms in total. The van der Waals surface area contributed by atoms with Crippen molar-refractivity contribution < 1.29 is 9.47 Å². The van der Waals surface area contributed by atoms with Crippen LogP contribution in [0.25, 0.3) is 0 Å². The van der Waals surface area contributed by atoms with E-state index in [-0.39, 0.29) is 12.2 Å². The highest BCUT2D eigenvalue weighted by molar-refractivity contribution is 5.38. The molecule has 1 aliphatic carbocycles. The SMILES string of the molecule is CCCNC1CC(Oc2cccc(C)c2C)C1OC. The summed E-state index contributed by atoms with van der Waals surface area (Å²) in [6.45, 7) is 7.44. The molecule has 0 bridgehead atoms. The van der Waals surface area contributed by atoms with Gasteiger partial charge in [-0.25, -0.2) is 0 Å². The van der Waals surface area contributed by atoms with Gasteiger partial charge in [-0.2, -0.15) is 0 Å². The van der Waals surface area contributed by atoms with Crippen LogP contribution < -0.4 is 10.1 Å². The highest BCUT2D eigenvalue weighted by Crippen LogP contribution is 2.31. The van der Waals surface area contributed by atoms with Gasteiger partial charge in [0.1, 0.15) is 18.0 Å². The van der Waals surface area contributed by atoms with Crippen molar-refractivity contribution in [1.29, 1.82) is 0 Å². The first kappa shape index (κ1) is 14.4. The number of nitrogens with one attached hydrogen (secondary N) is 1. The minimum Gasteiger partial charge on any atom is -0.487 e. The lowest BCUT2D eigenvalue weighted by Gasteiger charge is -2.43. The molecule has 1 aliphatic rings. The van der Waals surface area contributed by atoms with Crippen molar-refractivity contribution >= 4 is 0 Å². The molecule has 106 valence electrons. The van der Waals surface area contributed by atoms with Crippen LogP contribution in [0.15, 0.2) is 18.2 Å². The Hall–Kier alpha value is -1.06. The first-order valence-electron chi connectivity index (χ1n) is 7.16. The van der Waals surface area contributed by atoms with E-state index in [2.05, 4.69) is 32.2 Å². The molecule has 1 N–H and O–H groups in total. The second kappa shape index (κ2) is 6.40. The molecule has 0 aromatic heterocycles. The van der Waals surface area contributed by atoms with Crippen molar-refractivity contribution in [2.45, 2.75) is 51.9 Å². The molecule has 1 aromatic rings. The number of benzene rings is 1. The predicted molar refractivity (Wildman–Crippen MR) is 77.8 cm³/mol. The van der Waals surface area contributed by atoms with E-state index in [1.807, 2.05) is 12.1 Å². The van der Waals surface area contributed by atoms with Crippen LogP contribution in [0.5, 0.6) is 5.75 Å². The number of ether oxygens (including phenoxy) is 2. The normalized spacial score (nSPS) is 26.0. The summed E-state index contributed by atoms with van der Waals surface area (Å²) in [5.41, 5.74) is 2.49. The summed E-state index contributed by atoms with van der Waals surface area (Å²) in [6.07, 6.45) is 2.49. The van der Waals surface area contributed by atoms with Crippen LogP contribution in [0.3, 0.4) is 0 Å². The zero-order chi connectivity index (χ0) is 13.8. The van der Waals surface area contributed by atoms with Crippen molar-refractivity contribution in [1.82, 2.24) is 5.32 Å².